The minimum atomic E-state index is 0.0458. The molecular weight excluding hydrogens is 256 g/mol. The van der Waals surface area contributed by atoms with Crippen molar-refractivity contribution in [2.45, 2.75) is 47.0 Å². The Morgan fingerprint density at radius 1 is 1.47 bits per heavy atom. The fraction of sp³-hybridized carbons (Fsp3) is 0.600. The molecule has 19 heavy (non-hydrogen) atoms. The van der Waals surface area contributed by atoms with E-state index in [1.165, 1.54) is 16.9 Å². The van der Waals surface area contributed by atoms with Gasteiger partial charge < -0.3 is 0 Å². The Balaban J connectivity index is 2.43. The second kappa shape index (κ2) is 4.97. The highest BCUT2D eigenvalue weighted by Gasteiger charge is 2.32. The van der Waals surface area contributed by atoms with E-state index in [-0.39, 0.29) is 11.2 Å². The monoisotopic (exact) mass is 276 g/mol. The maximum atomic E-state index is 11.7. The Morgan fingerprint density at radius 2 is 2.16 bits per heavy atom. The molecule has 1 aromatic rings. The summed E-state index contributed by atoms with van der Waals surface area (Å²) >= 11 is 1.56. The van der Waals surface area contributed by atoms with Gasteiger partial charge in [0.1, 0.15) is 0 Å². The van der Waals surface area contributed by atoms with Crippen LogP contribution < -0.4 is 5.32 Å². The van der Waals surface area contributed by atoms with Crippen molar-refractivity contribution >= 4 is 22.8 Å². The quantitative estimate of drug-likeness (QED) is 0.505. The molecule has 4 heteroatoms. The lowest BCUT2D eigenvalue weighted by Crippen LogP contribution is -2.26. The van der Waals surface area contributed by atoms with E-state index in [0.29, 0.717) is 10.8 Å². The molecule has 0 radical (unpaired) electrons. The number of aryl methyl sites for hydroxylation is 1. The number of ketones is 1. The number of carbonyl (C=O) groups is 1. The van der Waals surface area contributed by atoms with E-state index in [2.05, 4.69) is 26.1 Å². The molecule has 1 aliphatic rings. The van der Waals surface area contributed by atoms with Crippen molar-refractivity contribution in [1.29, 1.82) is 5.26 Å². The summed E-state index contributed by atoms with van der Waals surface area (Å²) < 4.78 is 0. The van der Waals surface area contributed by atoms with E-state index in [4.69, 9.17) is 5.26 Å². The fourth-order valence-electron chi connectivity index (χ4n) is 2.76. The van der Waals surface area contributed by atoms with Crippen LogP contribution in [0.5, 0.6) is 0 Å². The summed E-state index contributed by atoms with van der Waals surface area (Å²) in [6, 6.07) is 0. The van der Waals surface area contributed by atoms with Gasteiger partial charge in [0.25, 0.3) is 0 Å². The Hall–Kier alpha value is -1.34. The van der Waals surface area contributed by atoms with E-state index >= 15 is 0 Å². The van der Waals surface area contributed by atoms with Crippen LogP contribution >= 0.6 is 11.3 Å². The highest BCUT2D eigenvalue weighted by molar-refractivity contribution is 7.15. The molecule has 3 nitrogen and oxygen atoms in total. The predicted octanol–water partition coefficient (Wildman–Crippen LogP) is 3.99. The van der Waals surface area contributed by atoms with Crippen LogP contribution in [-0.4, -0.2) is 5.78 Å². The van der Waals surface area contributed by atoms with Gasteiger partial charge in [-0.05, 0) is 36.2 Å². The standard InChI is InChI=1S/C15H20N2OS/c1-9(18)14-13(17-8-16)11-7-10(15(2,3)4)5-6-12(11)19-14/h10,17H,5-7H2,1-4H3. The van der Waals surface area contributed by atoms with E-state index in [1.54, 1.807) is 18.3 Å². The number of rotatable bonds is 2. The van der Waals surface area contributed by atoms with E-state index in [1.807, 2.05) is 6.19 Å². The van der Waals surface area contributed by atoms with Crippen molar-refractivity contribution in [3.8, 4) is 6.19 Å². The second-order valence-electron chi connectivity index (χ2n) is 6.31. The number of hydrogen-bond acceptors (Lipinski definition) is 4. The van der Waals surface area contributed by atoms with Crippen molar-refractivity contribution < 1.29 is 4.79 Å². The van der Waals surface area contributed by atoms with E-state index < -0.39 is 0 Å². The number of thiophene rings is 1. The molecule has 0 amide bonds. The van der Waals surface area contributed by atoms with Gasteiger partial charge in [0.15, 0.2) is 12.0 Å². The summed E-state index contributed by atoms with van der Waals surface area (Å²) in [5.41, 5.74) is 2.23. The zero-order valence-electron chi connectivity index (χ0n) is 12.0. The number of nitrogens with one attached hydrogen (secondary N) is 1. The number of nitrogens with zero attached hydrogens (tertiary/aromatic N) is 1. The lowest BCUT2D eigenvalue weighted by atomic mass is 9.72. The third kappa shape index (κ3) is 2.66. The van der Waals surface area contributed by atoms with Crippen LogP contribution in [0.3, 0.4) is 0 Å². The summed E-state index contributed by atoms with van der Waals surface area (Å²) in [4.78, 5) is 13.7. The van der Waals surface area contributed by atoms with Crippen molar-refractivity contribution in [3.63, 3.8) is 0 Å². The topological polar surface area (TPSA) is 52.9 Å². The molecule has 0 aliphatic heterocycles. The highest BCUT2D eigenvalue weighted by atomic mass is 32.1. The molecule has 1 atom stereocenters. The first-order chi connectivity index (χ1) is 8.84. The molecule has 0 fully saturated rings. The first-order valence-electron chi connectivity index (χ1n) is 6.65. The summed E-state index contributed by atoms with van der Waals surface area (Å²) in [5, 5.41) is 11.6. The van der Waals surface area contributed by atoms with Gasteiger partial charge in [0, 0.05) is 11.8 Å². The molecular formula is C15H20N2OS. The summed E-state index contributed by atoms with van der Waals surface area (Å²) in [6.07, 6.45) is 5.13. The van der Waals surface area contributed by atoms with Crippen LogP contribution in [0.25, 0.3) is 0 Å². The van der Waals surface area contributed by atoms with Gasteiger partial charge >= 0.3 is 0 Å². The molecule has 0 spiro atoms. The zero-order chi connectivity index (χ0) is 14.2. The molecule has 1 unspecified atom stereocenters. The minimum absolute atomic E-state index is 0.0458. The smallest absolute Gasteiger partial charge is 0.181 e. The Bertz CT molecular complexity index is 546. The molecule has 0 aromatic carbocycles. The third-order valence-electron chi connectivity index (χ3n) is 3.99. The molecule has 1 aromatic heterocycles. The molecule has 102 valence electrons. The first-order valence-corrected chi connectivity index (χ1v) is 7.46. The van der Waals surface area contributed by atoms with Crippen molar-refractivity contribution in [2.24, 2.45) is 11.3 Å². The summed E-state index contributed by atoms with van der Waals surface area (Å²) in [7, 11) is 0. The van der Waals surface area contributed by atoms with Crippen molar-refractivity contribution in [3.05, 3.63) is 15.3 Å². The number of Topliss-reactive ketones (excluding diaryl/α,β-unsaturated/α-hetero) is 1. The minimum Gasteiger partial charge on any atom is -0.294 e. The summed E-state index contributed by atoms with van der Waals surface area (Å²) in [6.45, 7) is 8.36. The SMILES string of the molecule is CC(=O)c1sc2c(c1NC#N)CC(C(C)(C)C)CC2. The van der Waals surface area contributed by atoms with Crippen LogP contribution in [0.4, 0.5) is 5.69 Å². The predicted molar refractivity (Wildman–Crippen MR) is 78.5 cm³/mol. The van der Waals surface area contributed by atoms with Crippen LogP contribution in [0.1, 0.15) is 54.2 Å². The van der Waals surface area contributed by atoms with Gasteiger partial charge in [-0.25, -0.2) is 0 Å². The average Bonchev–Trinajstić information content (AvgIpc) is 2.67. The maximum Gasteiger partial charge on any atom is 0.181 e. The lowest BCUT2D eigenvalue weighted by molar-refractivity contribution is 0.102. The van der Waals surface area contributed by atoms with E-state index in [9.17, 15) is 4.79 Å². The number of hydrogen-bond donors (Lipinski definition) is 1. The number of nitriles is 1. The first kappa shape index (κ1) is 14.1. The van der Waals surface area contributed by atoms with Crippen LogP contribution in [0.2, 0.25) is 0 Å². The van der Waals surface area contributed by atoms with Gasteiger partial charge in [0.05, 0.1) is 10.6 Å². The van der Waals surface area contributed by atoms with Gasteiger partial charge in [0.2, 0.25) is 0 Å². The molecule has 1 N–H and O–H groups in total. The molecule has 1 heterocycles. The Kier molecular flexibility index (Phi) is 3.69. The molecule has 0 saturated heterocycles. The maximum absolute atomic E-state index is 11.7. The number of anilines is 1. The molecule has 0 saturated carbocycles. The van der Waals surface area contributed by atoms with Gasteiger partial charge in [-0.3, -0.25) is 10.1 Å². The van der Waals surface area contributed by atoms with E-state index in [0.717, 1.165) is 18.5 Å². The van der Waals surface area contributed by atoms with Crippen molar-refractivity contribution in [2.75, 3.05) is 5.32 Å². The summed E-state index contributed by atoms with van der Waals surface area (Å²) in [5.74, 6) is 0.651. The van der Waals surface area contributed by atoms with Crippen molar-refractivity contribution in [1.82, 2.24) is 0 Å². The van der Waals surface area contributed by atoms with Crippen LogP contribution in [0, 0.1) is 22.8 Å². The van der Waals surface area contributed by atoms with Gasteiger partial charge in [-0.1, -0.05) is 20.8 Å². The van der Waals surface area contributed by atoms with Crippen LogP contribution in [-0.2, 0) is 12.8 Å². The molecule has 2 rings (SSSR count). The van der Waals surface area contributed by atoms with Gasteiger partial charge in [-0.15, -0.1) is 11.3 Å². The highest BCUT2D eigenvalue weighted by Crippen LogP contribution is 2.44. The van der Waals surface area contributed by atoms with Crippen LogP contribution in [0.15, 0.2) is 0 Å². The zero-order valence-corrected chi connectivity index (χ0v) is 12.8. The Labute approximate surface area is 118 Å². The fourth-order valence-corrected chi connectivity index (χ4v) is 3.95. The third-order valence-corrected chi connectivity index (χ3v) is 5.38. The lowest BCUT2D eigenvalue weighted by Gasteiger charge is -2.34. The molecule has 0 bridgehead atoms. The second-order valence-corrected chi connectivity index (χ2v) is 7.41. The number of fused-ring (bicyclic) bond motifs is 1. The Morgan fingerprint density at radius 3 is 2.68 bits per heavy atom. The molecule has 1 aliphatic carbocycles. The normalized spacial score (nSPS) is 18.6. The largest absolute Gasteiger partial charge is 0.294 e. The number of carbonyl (C=O) groups excluding carboxylic acids is 1. The van der Waals surface area contributed by atoms with Gasteiger partial charge in [-0.2, -0.15) is 5.26 Å². The average molecular weight is 276 g/mol.